The molecular formula is C14H28N2O3. The fraction of sp³-hybridized carbons (Fsp3) is 0.857. The topological polar surface area (TPSA) is 92.4 Å². The molecule has 1 atom stereocenters. The molecule has 0 bridgehead atoms. The van der Waals surface area contributed by atoms with Crippen molar-refractivity contribution in [1.82, 2.24) is 5.32 Å². The Bertz CT molecular complexity index is 285. The first kappa shape index (κ1) is 17.9. The maximum absolute atomic E-state index is 11.9. The van der Waals surface area contributed by atoms with Gasteiger partial charge in [0.2, 0.25) is 5.91 Å². The largest absolute Gasteiger partial charge is 0.481 e. The predicted molar refractivity (Wildman–Crippen MR) is 75.7 cm³/mol. The summed E-state index contributed by atoms with van der Waals surface area (Å²) >= 11 is 0. The number of aliphatic carboxylic acids is 1. The second kappa shape index (κ2) is 8.91. The van der Waals surface area contributed by atoms with Crippen LogP contribution in [0.3, 0.4) is 0 Å². The van der Waals surface area contributed by atoms with Crippen LogP contribution in [-0.2, 0) is 9.59 Å². The van der Waals surface area contributed by atoms with Crippen LogP contribution < -0.4 is 11.1 Å². The third-order valence-corrected chi connectivity index (χ3v) is 2.88. The molecule has 0 aliphatic rings. The van der Waals surface area contributed by atoms with Gasteiger partial charge in [0.05, 0.1) is 5.92 Å². The van der Waals surface area contributed by atoms with E-state index < -0.39 is 5.97 Å². The minimum absolute atomic E-state index is 0.00987. The van der Waals surface area contributed by atoms with Crippen molar-refractivity contribution in [1.29, 1.82) is 0 Å². The molecule has 0 heterocycles. The number of nitrogens with one attached hydrogen (secondary N) is 1. The number of hydrogen-bond acceptors (Lipinski definition) is 3. The van der Waals surface area contributed by atoms with Gasteiger partial charge in [-0.1, -0.05) is 27.2 Å². The zero-order valence-electron chi connectivity index (χ0n) is 12.4. The van der Waals surface area contributed by atoms with E-state index in [1.807, 2.05) is 0 Å². The summed E-state index contributed by atoms with van der Waals surface area (Å²) in [5.41, 5.74) is 5.73. The third-order valence-electron chi connectivity index (χ3n) is 2.88. The molecule has 0 radical (unpaired) electrons. The molecule has 0 rings (SSSR count). The lowest BCUT2D eigenvalue weighted by molar-refractivity contribution is -0.137. The van der Waals surface area contributed by atoms with Crippen LogP contribution in [0.4, 0.5) is 0 Å². The molecule has 0 aromatic heterocycles. The zero-order valence-corrected chi connectivity index (χ0v) is 12.4. The first-order valence-corrected chi connectivity index (χ1v) is 6.96. The summed E-state index contributed by atoms with van der Waals surface area (Å²) in [6.07, 6.45) is 3.26. The first-order valence-electron chi connectivity index (χ1n) is 6.96. The van der Waals surface area contributed by atoms with Crippen LogP contribution in [-0.4, -0.2) is 30.1 Å². The van der Waals surface area contributed by atoms with E-state index in [4.69, 9.17) is 10.8 Å². The number of carboxylic acid groups (broad SMARTS) is 1. The predicted octanol–water partition coefficient (Wildman–Crippen LogP) is 1.76. The second-order valence-electron chi connectivity index (χ2n) is 6.19. The normalized spacial score (nSPS) is 13.1. The summed E-state index contributed by atoms with van der Waals surface area (Å²) in [5, 5.41) is 11.4. The van der Waals surface area contributed by atoms with Crippen molar-refractivity contribution < 1.29 is 14.7 Å². The fourth-order valence-electron chi connectivity index (χ4n) is 1.96. The number of unbranched alkanes of at least 4 members (excludes halogenated alkanes) is 2. The molecule has 4 N–H and O–H groups in total. The highest BCUT2D eigenvalue weighted by molar-refractivity contribution is 5.78. The molecule has 0 fully saturated rings. The Labute approximate surface area is 115 Å². The van der Waals surface area contributed by atoms with Gasteiger partial charge in [0.25, 0.3) is 0 Å². The van der Waals surface area contributed by atoms with Crippen molar-refractivity contribution in [3.8, 4) is 0 Å². The van der Waals surface area contributed by atoms with E-state index in [9.17, 15) is 9.59 Å². The molecule has 0 aromatic rings. The average molecular weight is 272 g/mol. The molecule has 0 aromatic carbocycles. The lowest BCUT2D eigenvalue weighted by Crippen LogP contribution is -2.37. The summed E-state index contributed by atoms with van der Waals surface area (Å²) in [4.78, 5) is 22.2. The van der Waals surface area contributed by atoms with Gasteiger partial charge in [0, 0.05) is 19.5 Å². The van der Waals surface area contributed by atoms with Gasteiger partial charge in [-0.05, 0) is 24.7 Å². The summed E-state index contributed by atoms with van der Waals surface area (Å²) in [7, 11) is 0. The first-order chi connectivity index (χ1) is 8.76. The molecule has 0 saturated heterocycles. The molecule has 0 aliphatic heterocycles. The van der Waals surface area contributed by atoms with E-state index in [2.05, 4.69) is 26.1 Å². The second-order valence-corrected chi connectivity index (χ2v) is 6.19. The molecule has 5 heteroatoms. The van der Waals surface area contributed by atoms with Crippen LogP contribution in [0.25, 0.3) is 0 Å². The number of amides is 1. The Morgan fingerprint density at radius 3 is 2.32 bits per heavy atom. The van der Waals surface area contributed by atoms with Gasteiger partial charge in [-0.2, -0.15) is 0 Å². The van der Waals surface area contributed by atoms with E-state index in [1.165, 1.54) is 0 Å². The third kappa shape index (κ3) is 10.5. The Hall–Kier alpha value is -1.10. The fourth-order valence-corrected chi connectivity index (χ4v) is 1.96. The van der Waals surface area contributed by atoms with E-state index in [1.54, 1.807) is 0 Å². The van der Waals surface area contributed by atoms with Gasteiger partial charge in [-0.15, -0.1) is 0 Å². The number of hydrogen-bond donors (Lipinski definition) is 3. The molecule has 0 spiro atoms. The van der Waals surface area contributed by atoms with Crippen LogP contribution >= 0.6 is 0 Å². The van der Waals surface area contributed by atoms with Crippen LogP contribution in [0.1, 0.15) is 52.9 Å². The summed E-state index contributed by atoms with van der Waals surface area (Å²) < 4.78 is 0. The number of carbonyl (C=O) groups is 2. The van der Waals surface area contributed by atoms with Crippen molar-refractivity contribution in [2.75, 3.05) is 13.1 Å². The van der Waals surface area contributed by atoms with E-state index in [0.29, 0.717) is 19.5 Å². The van der Waals surface area contributed by atoms with Crippen molar-refractivity contribution in [3.05, 3.63) is 0 Å². The number of rotatable bonds is 9. The molecule has 0 aliphatic carbocycles. The Kier molecular flexibility index (Phi) is 8.39. The Morgan fingerprint density at radius 2 is 1.84 bits per heavy atom. The highest BCUT2D eigenvalue weighted by Gasteiger charge is 2.23. The highest BCUT2D eigenvalue weighted by Crippen LogP contribution is 2.23. The molecule has 5 nitrogen and oxygen atoms in total. The van der Waals surface area contributed by atoms with Gasteiger partial charge in [0.1, 0.15) is 0 Å². The molecule has 112 valence electrons. The zero-order chi connectivity index (χ0) is 14.9. The van der Waals surface area contributed by atoms with E-state index >= 15 is 0 Å². The van der Waals surface area contributed by atoms with Crippen LogP contribution in [0.2, 0.25) is 0 Å². The van der Waals surface area contributed by atoms with E-state index in [0.717, 1.165) is 19.3 Å². The quantitative estimate of drug-likeness (QED) is 0.558. The molecule has 1 unspecified atom stereocenters. The van der Waals surface area contributed by atoms with E-state index in [-0.39, 0.29) is 23.7 Å². The smallest absolute Gasteiger partial charge is 0.303 e. The highest BCUT2D eigenvalue weighted by atomic mass is 16.4. The molecular weight excluding hydrogens is 244 g/mol. The van der Waals surface area contributed by atoms with Gasteiger partial charge in [0.15, 0.2) is 0 Å². The van der Waals surface area contributed by atoms with Gasteiger partial charge in [-0.25, -0.2) is 0 Å². The van der Waals surface area contributed by atoms with Crippen molar-refractivity contribution in [2.24, 2.45) is 17.1 Å². The summed E-state index contributed by atoms with van der Waals surface area (Å²) in [6, 6.07) is 0. The minimum Gasteiger partial charge on any atom is -0.481 e. The average Bonchev–Trinajstić information content (AvgIpc) is 2.28. The maximum atomic E-state index is 11.9. The standard InChI is InChI=1S/C14H28N2O3/c1-14(2,3)9-11(10-15)13(19)16-8-6-4-5-7-12(17)18/h11H,4-10,15H2,1-3H3,(H,16,19)(H,17,18). The SMILES string of the molecule is CC(C)(C)CC(CN)C(=O)NCCCCCC(=O)O. The van der Waals surface area contributed by atoms with Crippen molar-refractivity contribution in [2.45, 2.75) is 52.9 Å². The van der Waals surface area contributed by atoms with Crippen molar-refractivity contribution in [3.63, 3.8) is 0 Å². The summed E-state index contributed by atoms with van der Waals surface area (Å²) in [5.74, 6) is -0.896. The Balaban J connectivity index is 3.80. The van der Waals surface area contributed by atoms with Crippen LogP contribution in [0.5, 0.6) is 0 Å². The van der Waals surface area contributed by atoms with Crippen molar-refractivity contribution >= 4 is 11.9 Å². The lowest BCUT2D eigenvalue weighted by atomic mass is 9.84. The molecule has 1 amide bonds. The number of nitrogens with two attached hydrogens (primary N) is 1. The van der Waals surface area contributed by atoms with Gasteiger partial charge in [-0.3, -0.25) is 9.59 Å². The Morgan fingerprint density at radius 1 is 1.21 bits per heavy atom. The van der Waals surface area contributed by atoms with Crippen LogP contribution in [0, 0.1) is 11.3 Å². The molecule has 0 saturated carbocycles. The minimum atomic E-state index is -0.766. The number of carbonyl (C=O) groups excluding carboxylic acids is 1. The maximum Gasteiger partial charge on any atom is 0.303 e. The van der Waals surface area contributed by atoms with Gasteiger partial charge < -0.3 is 16.2 Å². The van der Waals surface area contributed by atoms with Crippen LogP contribution in [0.15, 0.2) is 0 Å². The van der Waals surface area contributed by atoms with Gasteiger partial charge >= 0.3 is 5.97 Å². The monoisotopic (exact) mass is 272 g/mol. The molecule has 19 heavy (non-hydrogen) atoms. The lowest BCUT2D eigenvalue weighted by Gasteiger charge is -2.24. The summed E-state index contributed by atoms with van der Waals surface area (Å²) in [6.45, 7) is 7.24. The number of carboxylic acids is 1.